The lowest BCUT2D eigenvalue weighted by molar-refractivity contribution is 0.0713. The molecule has 0 unspecified atom stereocenters. The Kier molecular flexibility index (Phi) is 5.07. The van der Waals surface area contributed by atoms with Gasteiger partial charge in [-0.3, -0.25) is 0 Å². The van der Waals surface area contributed by atoms with Gasteiger partial charge in [0.05, 0.1) is 29.1 Å². The Labute approximate surface area is 149 Å². The van der Waals surface area contributed by atoms with E-state index in [1.807, 2.05) is 13.0 Å². The van der Waals surface area contributed by atoms with Crippen LogP contribution >= 0.6 is 15.9 Å². The summed E-state index contributed by atoms with van der Waals surface area (Å²) in [5, 5.41) is 0. The first-order chi connectivity index (χ1) is 11.5. The highest BCUT2D eigenvalue weighted by atomic mass is 79.9. The van der Waals surface area contributed by atoms with E-state index in [0.29, 0.717) is 31.3 Å². The second kappa shape index (κ2) is 7.08. The van der Waals surface area contributed by atoms with Gasteiger partial charge in [0.15, 0.2) is 0 Å². The number of ether oxygens (including phenoxy) is 2. The first kappa shape index (κ1) is 17.2. The predicted molar refractivity (Wildman–Crippen MR) is 92.7 cm³/mol. The molecule has 0 amide bonds. The van der Waals surface area contributed by atoms with Crippen molar-refractivity contribution in [3.63, 3.8) is 0 Å². The molecule has 0 aliphatic carbocycles. The number of hydrogen-bond acceptors (Lipinski definition) is 5. The first-order valence-corrected chi connectivity index (χ1v) is 9.74. The number of hydrogen-bond donors (Lipinski definition) is 0. The molecule has 0 spiro atoms. The van der Waals surface area contributed by atoms with Crippen molar-refractivity contribution in [3.05, 3.63) is 47.1 Å². The minimum absolute atomic E-state index is 0.200. The van der Waals surface area contributed by atoms with Crippen LogP contribution in [0.5, 0.6) is 11.6 Å². The molecule has 1 aromatic heterocycles. The lowest BCUT2D eigenvalue weighted by Crippen LogP contribution is -2.56. The van der Waals surface area contributed by atoms with E-state index in [9.17, 15) is 8.42 Å². The molecule has 128 valence electrons. The Bertz CT molecular complexity index is 805. The minimum atomic E-state index is -3.50. The highest BCUT2D eigenvalue weighted by molar-refractivity contribution is 9.10. The summed E-state index contributed by atoms with van der Waals surface area (Å²) in [5.74, 6) is 1.13. The van der Waals surface area contributed by atoms with E-state index in [1.54, 1.807) is 36.5 Å². The quantitative estimate of drug-likeness (QED) is 0.729. The van der Waals surface area contributed by atoms with Crippen LogP contribution in [0.3, 0.4) is 0 Å². The molecule has 1 aliphatic rings. The summed E-state index contributed by atoms with van der Waals surface area (Å²) < 4.78 is 38.3. The Morgan fingerprint density at radius 1 is 1.25 bits per heavy atom. The topological polar surface area (TPSA) is 68.7 Å². The number of nitrogens with zero attached hydrogens (tertiary/aromatic N) is 2. The number of benzene rings is 1. The zero-order chi connectivity index (χ0) is 17.2. The number of pyridine rings is 1. The van der Waals surface area contributed by atoms with Crippen LogP contribution in [0.2, 0.25) is 0 Å². The van der Waals surface area contributed by atoms with Gasteiger partial charge in [0.25, 0.3) is 0 Å². The van der Waals surface area contributed by atoms with E-state index in [1.165, 1.54) is 4.31 Å². The summed E-state index contributed by atoms with van der Waals surface area (Å²) in [6.45, 7) is 3.03. The van der Waals surface area contributed by atoms with Crippen LogP contribution in [0.4, 0.5) is 0 Å². The molecule has 0 bridgehead atoms. The van der Waals surface area contributed by atoms with E-state index >= 15 is 0 Å². The van der Waals surface area contributed by atoms with E-state index < -0.39 is 10.0 Å². The fourth-order valence-corrected chi connectivity index (χ4v) is 4.16. The lowest BCUT2D eigenvalue weighted by atomic mass is 10.2. The summed E-state index contributed by atoms with van der Waals surface area (Å²) in [4.78, 5) is 4.37. The van der Waals surface area contributed by atoms with Crippen molar-refractivity contribution >= 4 is 26.0 Å². The van der Waals surface area contributed by atoms with Gasteiger partial charge in [0.2, 0.25) is 15.9 Å². The van der Waals surface area contributed by atoms with Gasteiger partial charge in [-0.15, -0.1) is 0 Å². The van der Waals surface area contributed by atoms with E-state index in [4.69, 9.17) is 9.47 Å². The molecule has 0 radical (unpaired) electrons. The molecule has 6 nitrogen and oxygen atoms in total. The van der Waals surface area contributed by atoms with E-state index in [-0.39, 0.29) is 11.0 Å². The zero-order valence-corrected chi connectivity index (χ0v) is 15.5. The summed E-state index contributed by atoms with van der Waals surface area (Å²) in [6, 6.07) is 10.1. The molecule has 8 heteroatoms. The molecule has 1 saturated heterocycles. The molecule has 2 aromatic rings. The van der Waals surface area contributed by atoms with Crippen LogP contribution in [0.15, 0.2) is 52.0 Å². The third kappa shape index (κ3) is 3.55. The smallest absolute Gasteiger partial charge is 0.243 e. The molecule has 1 aliphatic heterocycles. The lowest BCUT2D eigenvalue weighted by Gasteiger charge is -2.37. The third-order valence-electron chi connectivity index (χ3n) is 3.59. The Balaban J connectivity index is 1.63. The van der Waals surface area contributed by atoms with Gasteiger partial charge >= 0.3 is 0 Å². The van der Waals surface area contributed by atoms with Gasteiger partial charge in [-0.1, -0.05) is 0 Å². The first-order valence-electron chi connectivity index (χ1n) is 7.51. The zero-order valence-electron chi connectivity index (χ0n) is 13.1. The maximum atomic E-state index is 12.6. The fourth-order valence-electron chi connectivity index (χ4n) is 2.31. The Morgan fingerprint density at radius 3 is 2.58 bits per heavy atom. The molecular weight excluding hydrogens is 396 g/mol. The van der Waals surface area contributed by atoms with Gasteiger partial charge in [-0.25, -0.2) is 13.4 Å². The Morgan fingerprint density at radius 2 is 1.96 bits per heavy atom. The van der Waals surface area contributed by atoms with Crippen molar-refractivity contribution in [2.45, 2.75) is 17.9 Å². The number of sulfonamides is 1. The van der Waals surface area contributed by atoms with Gasteiger partial charge in [-0.05, 0) is 59.3 Å². The van der Waals surface area contributed by atoms with Gasteiger partial charge in [-0.2, -0.15) is 4.31 Å². The molecule has 2 heterocycles. The van der Waals surface area contributed by atoms with Crippen LogP contribution < -0.4 is 9.47 Å². The van der Waals surface area contributed by atoms with Gasteiger partial charge in [0.1, 0.15) is 11.9 Å². The molecule has 0 saturated carbocycles. The van der Waals surface area contributed by atoms with Crippen molar-refractivity contribution in [3.8, 4) is 11.6 Å². The van der Waals surface area contributed by atoms with Crippen LogP contribution in [-0.2, 0) is 10.0 Å². The molecule has 3 rings (SSSR count). The fraction of sp³-hybridized carbons (Fsp3) is 0.312. The molecule has 1 fully saturated rings. The second-order valence-electron chi connectivity index (χ2n) is 5.26. The highest BCUT2D eigenvalue weighted by Gasteiger charge is 2.38. The molecular formula is C16H17BrN2O4S. The monoisotopic (exact) mass is 412 g/mol. The number of halogens is 1. The molecule has 24 heavy (non-hydrogen) atoms. The maximum absolute atomic E-state index is 12.6. The van der Waals surface area contributed by atoms with Crippen LogP contribution in [0.25, 0.3) is 0 Å². The number of rotatable bonds is 6. The summed E-state index contributed by atoms with van der Waals surface area (Å²) >= 11 is 3.36. The SMILES string of the molecule is CCOc1ccc(S(=O)(=O)N2CC(Oc3ncccc3Br)C2)cc1. The summed E-state index contributed by atoms with van der Waals surface area (Å²) in [7, 11) is -3.50. The molecule has 1 aromatic carbocycles. The van der Waals surface area contributed by atoms with Crippen molar-refractivity contribution in [2.24, 2.45) is 0 Å². The average molecular weight is 413 g/mol. The Hall–Kier alpha value is -1.64. The van der Waals surface area contributed by atoms with Crippen LogP contribution in [0, 0.1) is 0 Å². The molecule has 0 N–H and O–H groups in total. The summed E-state index contributed by atoms with van der Waals surface area (Å²) in [6.07, 6.45) is 1.43. The van der Waals surface area contributed by atoms with Crippen molar-refractivity contribution < 1.29 is 17.9 Å². The third-order valence-corrected chi connectivity index (χ3v) is 6.04. The van der Waals surface area contributed by atoms with E-state index in [2.05, 4.69) is 20.9 Å². The van der Waals surface area contributed by atoms with Crippen LogP contribution in [-0.4, -0.2) is 43.5 Å². The highest BCUT2D eigenvalue weighted by Crippen LogP contribution is 2.28. The standard InChI is InChI=1S/C16H17BrN2O4S/c1-2-22-12-5-7-14(8-6-12)24(20,21)19-10-13(11-19)23-16-15(17)4-3-9-18-16/h3-9,13H,2,10-11H2,1H3. The molecule has 0 atom stereocenters. The van der Waals surface area contributed by atoms with E-state index in [0.717, 1.165) is 4.47 Å². The van der Waals surface area contributed by atoms with Crippen molar-refractivity contribution in [1.82, 2.24) is 9.29 Å². The van der Waals surface area contributed by atoms with Gasteiger partial charge < -0.3 is 9.47 Å². The van der Waals surface area contributed by atoms with Crippen LogP contribution in [0.1, 0.15) is 6.92 Å². The minimum Gasteiger partial charge on any atom is -0.494 e. The van der Waals surface area contributed by atoms with Crippen molar-refractivity contribution in [2.75, 3.05) is 19.7 Å². The average Bonchev–Trinajstić information content (AvgIpc) is 2.52. The predicted octanol–water partition coefficient (Wildman–Crippen LogP) is 2.69. The summed E-state index contributed by atoms with van der Waals surface area (Å²) in [5.41, 5.74) is 0. The second-order valence-corrected chi connectivity index (χ2v) is 8.05. The normalized spacial score (nSPS) is 15.8. The maximum Gasteiger partial charge on any atom is 0.243 e. The largest absolute Gasteiger partial charge is 0.494 e. The van der Waals surface area contributed by atoms with Gasteiger partial charge in [0, 0.05) is 6.20 Å². The van der Waals surface area contributed by atoms with Crippen molar-refractivity contribution in [1.29, 1.82) is 0 Å². The number of aromatic nitrogens is 1.